The number of halogens is 1. The Balaban J connectivity index is 1.63. The van der Waals surface area contributed by atoms with Gasteiger partial charge >= 0.3 is 0 Å². The highest BCUT2D eigenvalue weighted by Gasteiger charge is 2.40. The number of fused-ring (bicyclic) bond motifs is 1. The van der Waals surface area contributed by atoms with Crippen molar-refractivity contribution in [3.8, 4) is 0 Å². The maximum absolute atomic E-state index is 14.5. The molecule has 2 aliphatic rings. The van der Waals surface area contributed by atoms with E-state index in [4.69, 9.17) is 0 Å². The van der Waals surface area contributed by atoms with Gasteiger partial charge in [-0.05, 0) is 37.0 Å². The van der Waals surface area contributed by atoms with Crippen molar-refractivity contribution in [3.63, 3.8) is 0 Å². The van der Waals surface area contributed by atoms with E-state index in [2.05, 4.69) is 10.2 Å². The number of carbonyl (C=O) groups excluding carboxylic acids is 2. The van der Waals surface area contributed by atoms with Crippen LogP contribution in [0.25, 0.3) is 0 Å². The number of ketones is 1. The molecule has 136 valence electrons. The molecule has 1 aliphatic heterocycles. The Morgan fingerprint density at radius 1 is 1.31 bits per heavy atom. The largest absolute Gasteiger partial charge is 0.318 e. The Labute approximate surface area is 156 Å². The standard InChI is InChI=1S/C20H21FN2O2S/c1-12(24)22-18-10-14-11-23(9-8-17(14)26-18)19(20(25)13-6-7-13)15-4-2-3-5-16(15)21/h2-5,10,13,19H,6-9,11H2,1H3,(H,22,24). The quantitative estimate of drug-likeness (QED) is 0.865. The van der Waals surface area contributed by atoms with Crippen molar-refractivity contribution < 1.29 is 14.0 Å². The zero-order chi connectivity index (χ0) is 18.3. The third-order valence-electron chi connectivity index (χ3n) is 5.01. The van der Waals surface area contributed by atoms with Crippen LogP contribution in [0.15, 0.2) is 30.3 Å². The van der Waals surface area contributed by atoms with Gasteiger partial charge in [-0.2, -0.15) is 0 Å². The zero-order valence-electron chi connectivity index (χ0n) is 14.6. The first-order valence-corrected chi connectivity index (χ1v) is 9.76. The van der Waals surface area contributed by atoms with Crippen molar-refractivity contribution in [2.75, 3.05) is 11.9 Å². The molecular formula is C20H21FN2O2S. The van der Waals surface area contributed by atoms with Crippen LogP contribution in [0.1, 0.15) is 41.8 Å². The van der Waals surface area contributed by atoms with Crippen molar-refractivity contribution in [1.82, 2.24) is 4.90 Å². The molecule has 0 saturated heterocycles. The Morgan fingerprint density at radius 2 is 2.08 bits per heavy atom. The van der Waals surface area contributed by atoms with Crippen LogP contribution >= 0.6 is 11.3 Å². The fourth-order valence-electron chi connectivity index (χ4n) is 3.63. The van der Waals surface area contributed by atoms with Crippen LogP contribution in [0.3, 0.4) is 0 Å². The van der Waals surface area contributed by atoms with Gasteiger partial charge in [0.1, 0.15) is 5.82 Å². The number of carbonyl (C=O) groups is 2. The van der Waals surface area contributed by atoms with E-state index < -0.39 is 6.04 Å². The van der Waals surface area contributed by atoms with Crippen LogP contribution in [-0.2, 0) is 22.6 Å². The molecule has 1 fully saturated rings. The summed E-state index contributed by atoms with van der Waals surface area (Å²) in [4.78, 5) is 27.6. The fourth-order valence-corrected chi connectivity index (χ4v) is 4.74. The molecule has 1 aromatic heterocycles. The SMILES string of the molecule is CC(=O)Nc1cc2c(s1)CCN(C(C(=O)C1CC1)c1ccccc1F)C2. The summed E-state index contributed by atoms with van der Waals surface area (Å²) in [5.74, 6) is -0.204. The van der Waals surface area contributed by atoms with Gasteiger partial charge in [-0.25, -0.2) is 4.39 Å². The molecule has 1 unspecified atom stereocenters. The molecule has 26 heavy (non-hydrogen) atoms. The molecule has 1 amide bonds. The highest BCUT2D eigenvalue weighted by molar-refractivity contribution is 7.16. The minimum absolute atomic E-state index is 0.0680. The van der Waals surface area contributed by atoms with Crippen LogP contribution < -0.4 is 5.32 Å². The highest BCUT2D eigenvalue weighted by atomic mass is 32.1. The Morgan fingerprint density at radius 3 is 2.77 bits per heavy atom. The van der Waals surface area contributed by atoms with Crippen LogP contribution in [0.5, 0.6) is 0 Å². The number of hydrogen-bond donors (Lipinski definition) is 1. The summed E-state index contributed by atoms with van der Waals surface area (Å²) in [7, 11) is 0. The topological polar surface area (TPSA) is 49.4 Å². The molecule has 1 atom stereocenters. The van der Waals surface area contributed by atoms with E-state index >= 15 is 0 Å². The Hall–Kier alpha value is -2.05. The van der Waals surface area contributed by atoms with Crippen LogP contribution in [0.4, 0.5) is 9.39 Å². The van der Waals surface area contributed by atoms with E-state index in [1.165, 1.54) is 17.9 Å². The monoisotopic (exact) mass is 372 g/mol. The highest BCUT2D eigenvalue weighted by Crippen LogP contribution is 2.40. The van der Waals surface area contributed by atoms with Gasteiger partial charge in [0, 0.05) is 36.4 Å². The van der Waals surface area contributed by atoms with Crippen LogP contribution in [0.2, 0.25) is 0 Å². The third kappa shape index (κ3) is 3.44. The number of nitrogens with one attached hydrogen (secondary N) is 1. The number of hydrogen-bond acceptors (Lipinski definition) is 4. The summed E-state index contributed by atoms with van der Waals surface area (Å²) < 4.78 is 14.5. The number of anilines is 1. The molecule has 1 aromatic carbocycles. The molecule has 0 spiro atoms. The fraction of sp³-hybridized carbons (Fsp3) is 0.400. The summed E-state index contributed by atoms with van der Waals surface area (Å²) in [5, 5.41) is 3.67. The molecule has 1 saturated carbocycles. The molecule has 4 rings (SSSR count). The summed E-state index contributed by atoms with van der Waals surface area (Å²) in [6, 6.07) is 8.06. The minimum atomic E-state index is -0.527. The Bertz CT molecular complexity index is 859. The van der Waals surface area contributed by atoms with Gasteiger partial charge in [-0.3, -0.25) is 14.5 Å². The number of rotatable bonds is 5. The van der Waals surface area contributed by atoms with Gasteiger partial charge in [-0.1, -0.05) is 18.2 Å². The molecule has 0 radical (unpaired) electrons. The normalized spacial score (nSPS) is 18.2. The van der Waals surface area contributed by atoms with Crippen molar-refractivity contribution in [2.24, 2.45) is 5.92 Å². The second-order valence-corrected chi connectivity index (χ2v) is 8.20. The maximum atomic E-state index is 14.5. The lowest BCUT2D eigenvalue weighted by Crippen LogP contribution is -2.38. The predicted molar refractivity (Wildman–Crippen MR) is 99.6 cm³/mol. The summed E-state index contributed by atoms with van der Waals surface area (Å²) >= 11 is 1.59. The average Bonchev–Trinajstić information content (AvgIpc) is 3.37. The zero-order valence-corrected chi connectivity index (χ0v) is 15.4. The van der Waals surface area contributed by atoms with Crippen molar-refractivity contribution in [3.05, 3.63) is 52.2 Å². The lowest BCUT2D eigenvalue weighted by molar-refractivity contribution is -0.126. The van der Waals surface area contributed by atoms with Crippen molar-refractivity contribution in [1.29, 1.82) is 0 Å². The number of nitrogens with zero attached hydrogens (tertiary/aromatic N) is 1. The van der Waals surface area contributed by atoms with Gasteiger partial charge < -0.3 is 5.32 Å². The van der Waals surface area contributed by atoms with E-state index in [1.807, 2.05) is 6.07 Å². The number of thiophene rings is 1. The van der Waals surface area contributed by atoms with E-state index in [0.29, 0.717) is 18.7 Å². The van der Waals surface area contributed by atoms with Crippen molar-refractivity contribution >= 4 is 28.0 Å². The first kappa shape index (κ1) is 17.4. The number of Topliss-reactive ketones (excluding diaryl/α,β-unsaturated/α-hetero) is 1. The molecule has 1 aliphatic carbocycles. The van der Waals surface area contributed by atoms with Gasteiger partial charge in [-0.15, -0.1) is 11.3 Å². The van der Waals surface area contributed by atoms with Gasteiger partial charge in [0.2, 0.25) is 5.91 Å². The second-order valence-electron chi connectivity index (χ2n) is 7.06. The molecule has 2 heterocycles. The lowest BCUT2D eigenvalue weighted by Gasteiger charge is -2.34. The second kappa shape index (κ2) is 6.93. The molecule has 6 heteroatoms. The molecule has 0 bridgehead atoms. The number of benzene rings is 1. The molecule has 4 nitrogen and oxygen atoms in total. The lowest BCUT2D eigenvalue weighted by atomic mass is 9.95. The molecule has 2 aromatic rings. The van der Waals surface area contributed by atoms with E-state index in [1.54, 1.807) is 29.5 Å². The van der Waals surface area contributed by atoms with Gasteiger partial charge in [0.25, 0.3) is 0 Å². The first-order chi connectivity index (χ1) is 12.5. The summed E-state index contributed by atoms with van der Waals surface area (Å²) in [5.41, 5.74) is 1.60. The average molecular weight is 372 g/mol. The minimum Gasteiger partial charge on any atom is -0.318 e. The molecular weight excluding hydrogens is 351 g/mol. The summed E-state index contributed by atoms with van der Waals surface area (Å²) in [6.07, 6.45) is 2.63. The smallest absolute Gasteiger partial charge is 0.221 e. The van der Waals surface area contributed by atoms with E-state index in [0.717, 1.165) is 29.8 Å². The summed E-state index contributed by atoms with van der Waals surface area (Å²) in [6.45, 7) is 2.81. The van der Waals surface area contributed by atoms with E-state index in [-0.39, 0.29) is 23.4 Å². The first-order valence-electron chi connectivity index (χ1n) is 8.94. The number of amides is 1. The maximum Gasteiger partial charge on any atom is 0.221 e. The van der Waals surface area contributed by atoms with Crippen LogP contribution in [0, 0.1) is 11.7 Å². The van der Waals surface area contributed by atoms with E-state index in [9.17, 15) is 14.0 Å². The van der Waals surface area contributed by atoms with Gasteiger partial charge in [0.05, 0.1) is 11.0 Å². The Kier molecular flexibility index (Phi) is 4.63. The van der Waals surface area contributed by atoms with Gasteiger partial charge in [0.15, 0.2) is 5.78 Å². The molecule has 1 N–H and O–H groups in total. The van der Waals surface area contributed by atoms with Crippen LogP contribution in [-0.4, -0.2) is 23.1 Å². The van der Waals surface area contributed by atoms with Crippen molar-refractivity contribution in [2.45, 2.75) is 38.8 Å². The predicted octanol–water partition coefficient (Wildman–Crippen LogP) is 3.92. The third-order valence-corrected chi connectivity index (χ3v) is 6.16.